The second-order valence-corrected chi connectivity index (χ2v) is 5.15. The first-order valence-electron chi connectivity index (χ1n) is 7.69. The summed E-state index contributed by atoms with van der Waals surface area (Å²) in [6, 6.07) is 7.28. The smallest absolute Gasteiger partial charge is 0.328 e. The lowest BCUT2D eigenvalue weighted by Gasteiger charge is -2.17. The quantitative estimate of drug-likeness (QED) is 0.523. The molecule has 118 valence electrons. The van der Waals surface area contributed by atoms with Crippen LogP contribution in [0.3, 0.4) is 0 Å². The van der Waals surface area contributed by atoms with Crippen molar-refractivity contribution in [2.24, 2.45) is 0 Å². The molecule has 0 heterocycles. The number of rotatable bonds is 10. The molecule has 0 radical (unpaired) electrons. The molecule has 0 bridgehead atoms. The summed E-state index contributed by atoms with van der Waals surface area (Å²) in [6.45, 7) is 2.20. The van der Waals surface area contributed by atoms with Crippen LogP contribution in [0.15, 0.2) is 24.3 Å². The SMILES string of the molecule is CCCCCCCC(Nc1ccc(OC)cc1)C(=O)OC. The number of carbonyl (C=O) groups is 1. The van der Waals surface area contributed by atoms with Gasteiger partial charge < -0.3 is 14.8 Å². The highest BCUT2D eigenvalue weighted by Gasteiger charge is 2.18. The molecule has 0 saturated carbocycles. The number of hydrogen-bond acceptors (Lipinski definition) is 4. The number of benzene rings is 1. The van der Waals surface area contributed by atoms with Crippen molar-refractivity contribution in [2.45, 2.75) is 51.5 Å². The molecule has 0 amide bonds. The van der Waals surface area contributed by atoms with Crippen LogP contribution in [0.5, 0.6) is 5.75 Å². The Hall–Kier alpha value is -1.71. The van der Waals surface area contributed by atoms with Crippen LogP contribution >= 0.6 is 0 Å². The van der Waals surface area contributed by atoms with Crippen LogP contribution in [-0.4, -0.2) is 26.2 Å². The predicted molar refractivity (Wildman–Crippen MR) is 85.8 cm³/mol. The molecule has 0 saturated heterocycles. The van der Waals surface area contributed by atoms with Crippen LogP contribution in [0.2, 0.25) is 0 Å². The largest absolute Gasteiger partial charge is 0.497 e. The first-order valence-corrected chi connectivity index (χ1v) is 7.69. The second kappa shape index (κ2) is 10.1. The van der Waals surface area contributed by atoms with Crippen LogP contribution in [0.1, 0.15) is 45.4 Å². The summed E-state index contributed by atoms with van der Waals surface area (Å²) in [6.07, 6.45) is 6.70. The van der Waals surface area contributed by atoms with Crippen molar-refractivity contribution in [1.29, 1.82) is 0 Å². The molecule has 0 aliphatic rings. The van der Waals surface area contributed by atoms with Gasteiger partial charge in [-0.1, -0.05) is 39.0 Å². The Balaban J connectivity index is 2.50. The molecule has 1 N–H and O–H groups in total. The molecule has 1 unspecified atom stereocenters. The fraction of sp³-hybridized carbons (Fsp3) is 0.588. The van der Waals surface area contributed by atoms with Gasteiger partial charge in [0.25, 0.3) is 0 Å². The van der Waals surface area contributed by atoms with E-state index in [0.717, 1.165) is 30.7 Å². The number of carbonyl (C=O) groups excluding carboxylic acids is 1. The molecule has 1 aromatic carbocycles. The standard InChI is InChI=1S/C17H27NO3/c1-4-5-6-7-8-9-16(17(19)21-3)18-14-10-12-15(20-2)13-11-14/h10-13,16,18H,4-9H2,1-3H3. The summed E-state index contributed by atoms with van der Waals surface area (Å²) >= 11 is 0. The minimum atomic E-state index is -0.287. The summed E-state index contributed by atoms with van der Waals surface area (Å²) in [5.41, 5.74) is 0.903. The summed E-state index contributed by atoms with van der Waals surface area (Å²) in [5.74, 6) is 0.594. The molecule has 0 fully saturated rings. The highest BCUT2D eigenvalue weighted by molar-refractivity contribution is 5.79. The lowest BCUT2D eigenvalue weighted by Crippen LogP contribution is -2.30. The van der Waals surface area contributed by atoms with E-state index >= 15 is 0 Å². The average Bonchev–Trinajstić information content (AvgIpc) is 2.53. The molecule has 1 aromatic rings. The predicted octanol–water partition coefficient (Wildman–Crippen LogP) is 4.01. The molecule has 0 aliphatic heterocycles. The van der Waals surface area contributed by atoms with Crippen molar-refractivity contribution in [2.75, 3.05) is 19.5 Å². The van der Waals surface area contributed by atoms with E-state index in [-0.39, 0.29) is 12.0 Å². The van der Waals surface area contributed by atoms with Crippen molar-refractivity contribution in [3.05, 3.63) is 24.3 Å². The number of ether oxygens (including phenoxy) is 2. The molecule has 4 heteroatoms. The van der Waals surface area contributed by atoms with Crippen molar-refractivity contribution in [3.8, 4) is 5.75 Å². The Morgan fingerprint density at radius 3 is 2.33 bits per heavy atom. The molecular weight excluding hydrogens is 266 g/mol. The number of esters is 1. The number of anilines is 1. The second-order valence-electron chi connectivity index (χ2n) is 5.15. The highest BCUT2D eigenvalue weighted by atomic mass is 16.5. The fourth-order valence-electron chi connectivity index (χ4n) is 2.23. The Morgan fingerprint density at radius 2 is 1.76 bits per heavy atom. The van der Waals surface area contributed by atoms with E-state index in [1.165, 1.54) is 26.4 Å². The molecule has 0 aliphatic carbocycles. The van der Waals surface area contributed by atoms with Gasteiger partial charge in [0.05, 0.1) is 14.2 Å². The third kappa shape index (κ3) is 6.52. The van der Waals surface area contributed by atoms with Crippen molar-refractivity contribution >= 4 is 11.7 Å². The van der Waals surface area contributed by atoms with Gasteiger partial charge >= 0.3 is 5.97 Å². The van der Waals surface area contributed by atoms with Crippen molar-refractivity contribution in [1.82, 2.24) is 0 Å². The van der Waals surface area contributed by atoms with Crippen LogP contribution in [0, 0.1) is 0 Å². The van der Waals surface area contributed by atoms with E-state index in [1.54, 1.807) is 7.11 Å². The van der Waals surface area contributed by atoms with Crippen LogP contribution in [0.4, 0.5) is 5.69 Å². The van der Waals surface area contributed by atoms with Gasteiger partial charge in [-0.05, 0) is 30.7 Å². The number of unbranched alkanes of at least 4 members (excludes halogenated alkanes) is 4. The Morgan fingerprint density at radius 1 is 1.10 bits per heavy atom. The van der Waals surface area contributed by atoms with Crippen molar-refractivity contribution in [3.63, 3.8) is 0 Å². The molecule has 1 rings (SSSR count). The molecule has 1 atom stereocenters. The first-order chi connectivity index (χ1) is 10.2. The monoisotopic (exact) mass is 293 g/mol. The zero-order chi connectivity index (χ0) is 15.5. The van der Waals surface area contributed by atoms with E-state index in [1.807, 2.05) is 24.3 Å². The Labute approximate surface area is 127 Å². The van der Waals surface area contributed by atoms with E-state index in [4.69, 9.17) is 9.47 Å². The van der Waals surface area contributed by atoms with E-state index in [2.05, 4.69) is 12.2 Å². The topological polar surface area (TPSA) is 47.6 Å². The maximum Gasteiger partial charge on any atom is 0.328 e. The minimum absolute atomic E-state index is 0.207. The first kappa shape index (κ1) is 17.3. The summed E-state index contributed by atoms with van der Waals surface area (Å²) in [7, 11) is 3.07. The molecule has 0 aromatic heterocycles. The van der Waals surface area contributed by atoms with Crippen LogP contribution in [0.25, 0.3) is 0 Å². The molecule has 4 nitrogen and oxygen atoms in total. The maximum absolute atomic E-state index is 11.8. The third-order valence-electron chi connectivity index (χ3n) is 3.51. The lowest BCUT2D eigenvalue weighted by atomic mass is 10.1. The van der Waals surface area contributed by atoms with E-state index < -0.39 is 0 Å². The van der Waals surface area contributed by atoms with Gasteiger partial charge in [-0.2, -0.15) is 0 Å². The summed E-state index contributed by atoms with van der Waals surface area (Å²) in [4.78, 5) is 11.8. The fourth-order valence-corrected chi connectivity index (χ4v) is 2.23. The van der Waals surface area contributed by atoms with Crippen LogP contribution in [-0.2, 0) is 9.53 Å². The lowest BCUT2D eigenvalue weighted by molar-refractivity contribution is -0.141. The minimum Gasteiger partial charge on any atom is -0.497 e. The maximum atomic E-state index is 11.8. The molecule has 21 heavy (non-hydrogen) atoms. The zero-order valence-electron chi connectivity index (χ0n) is 13.4. The highest BCUT2D eigenvalue weighted by Crippen LogP contribution is 2.18. The van der Waals surface area contributed by atoms with Crippen LogP contribution < -0.4 is 10.1 Å². The van der Waals surface area contributed by atoms with Gasteiger partial charge in [-0.3, -0.25) is 0 Å². The summed E-state index contributed by atoms with van der Waals surface area (Å²) in [5, 5.41) is 3.24. The van der Waals surface area contributed by atoms with E-state index in [0.29, 0.717) is 0 Å². The number of nitrogens with one attached hydrogen (secondary N) is 1. The van der Waals surface area contributed by atoms with Gasteiger partial charge in [0.15, 0.2) is 0 Å². The van der Waals surface area contributed by atoms with Gasteiger partial charge in [-0.25, -0.2) is 4.79 Å². The zero-order valence-corrected chi connectivity index (χ0v) is 13.4. The molecule has 0 spiro atoms. The number of methoxy groups -OCH3 is 2. The third-order valence-corrected chi connectivity index (χ3v) is 3.51. The van der Waals surface area contributed by atoms with Gasteiger partial charge in [-0.15, -0.1) is 0 Å². The van der Waals surface area contributed by atoms with Crippen molar-refractivity contribution < 1.29 is 14.3 Å². The normalized spacial score (nSPS) is 11.8. The summed E-state index contributed by atoms with van der Waals surface area (Å²) < 4.78 is 10.0. The van der Waals surface area contributed by atoms with Gasteiger partial charge in [0, 0.05) is 5.69 Å². The molecular formula is C17H27NO3. The van der Waals surface area contributed by atoms with Gasteiger partial charge in [0.2, 0.25) is 0 Å². The Kier molecular flexibility index (Phi) is 8.32. The van der Waals surface area contributed by atoms with Gasteiger partial charge in [0.1, 0.15) is 11.8 Å². The van der Waals surface area contributed by atoms with E-state index in [9.17, 15) is 4.79 Å². The number of hydrogen-bond donors (Lipinski definition) is 1. The average molecular weight is 293 g/mol. The Bertz CT molecular complexity index is 403.